The molecule has 3 aromatic heterocycles. The fraction of sp³-hybridized carbons (Fsp3) is 0.100. The normalized spacial score (nSPS) is 10.7. The molecular weight excluding hydrogens is 234 g/mol. The Morgan fingerprint density at radius 1 is 1.33 bits per heavy atom. The fourth-order valence-electron chi connectivity index (χ4n) is 1.46. The van der Waals surface area contributed by atoms with E-state index in [1.165, 1.54) is 0 Å². The molecule has 8 heteroatoms. The number of nitrogens with two attached hydrogens (primary N) is 1. The number of hydrogen-bond acceptors (Lipinski definition) is 7. The highest BCUT2D eigenvalue weighted by molar-refractivity contribution is 5.56. The maximum absolute atomic E-state index is 5.50. The first-order chi connectivity index (χ1) is 8.72. The predicted molar refractivity (Wildman–Crippen MR) is 62.1 cm³/mol. The summed E-state index contributed by atoms with van der Waals surface area (Å²) in [6, 6.07) is 3.32. The van der Waals surface area contributed by atoms with Crippen LogP contribution in [0.15, 0.2) is 22.9 Å². The lowest BCUT2D eigenvalue weighted by Gasteiger charge is -1.93. The van der Waals surface area contributed by atoms with Crippen molar-refractivity contribution in [1.82, 2.24) is 30.3 Å². The van der Waals surface area contributed by atoms with Gasteiger partial charge in [-0.15, -0.1) is 0 Å². The Morgan fingerprint density at radius 2 is 2.22 bits per heavy atom. The fourth-order valence-corrected chi connectivity index (χ4v) is 1.46. The molecule has 0 radical (unpaired) electrons. The van der Waals surface area contributed by atoms with E-state index in [0.29, 0.717) is 34.7 Å². The van der Waals surface area contributed by atoms with Gasteiger partial charge in [0.25, 0.3) is 5.89 Å². The van der Waals surface area contributed by atoms with E-state index in [2.05, 4.69) is 30.3 Å². The van der Waals surface area contributed by atoms with Crippen LogP contribution in [0, 0.1) is 6.92 Å². The second kappa shape index (κ2) is 3.91. The highest BCUT2D eigenvalue weighted by atomic mass is 16.5. The van der Waals surface area contributed by atoms with Gasteiger partial charge in [-0.25, -0.2) is 9.97 Å². The van der Waals surface area contributed by atoms with Crippen molar-refractivity contribution in [3.05, 3.63) is 24.2 Å². The predicted octanol–water partition coefficient (Wildman–Crippen LogP) is 0.807. The van der Waals surface area contributed by atoms with Crippen molar-refractivity contribution >= 4 is 5.82 Å². The average molecular weight is 243 g/mol. The first kappa shape index (κ1) is 10.4. The molecule has 3 N–H and O–H groups in total. The number of anilines is 1. The number of nitrogens with one attached hydrogen (secondary N) is 1. The Hall–Kier alpha value is -2.77. The first-order valence-electron chi connectivity index (χ1n) is 5.17. The summed E-state index contributed by atoms with van der Waals surface area (Å²) >= 11 is 0. The van der Waals surface area contributed by atoms with Crippen LogP contribution in [-0.2, 0) is 0 Å². The molecule has 0 aliphatic carbocycles. The highest BCUT2D eigenvalue weighted by Crippen LogP contribution is 2.20. The molecule has 0 aromatic carbocycles. The van der Waals surface area contributed by atoms with Gasteiger partial charge in [0.1, 0.15) is 23.0 Å². The molecule has 3 heterocycles. The summed E-state index contributed by atoms with van der Waals surface area (Å²) in [4.78, 5) is 12.4. The van der Waals surface area contributed by atoms with Crippen molar-refractivity contribution in [3.63, 3.8) is 0 Å². The molecule has 3 rings (SSSR count). The molecule has 0 aliphatic heterocycles. The molecule has 0 saturated carbocycles. The summed E-state index contributed by atoms with van der Waals surface area (Å²) < 4.78 is 5.11. The molecule has 0 unspecified atom stereocenters. The number of nitrogens with zero attached hydrogens (tertiary/aromatic N) is 5. The van der Waals surface area contributed by atoms with E-state index >= 15 is 0 Å². The summed E-state index contributed by atoms with van der Waals surface area (Å²) in [6.45, 7) is 1.79. The van der Waals surface area contributed by atoms with Crippen molar-refractivity contribution < 1.29 is 4.52 Å². The summed E-state index contributed by atoms with van der Waals surface area (Å²) in [7, 11) is 0. The third-order valence-corrected chi connectivity index (χ3v) is 2.26. The third-order valence-electron chi connectivity index (χ3n) is 2.26. The van der Waals surface area contributed by atoms with E-state index in [1.54, 1.807) is 25.3 Å². The molecule has 18 heavy (non-hydrogen) atoms. The summed E-state index contributed by atoms with van der Waals surface area (Å²) in [5.41, 5.74) is 6.67. The van der Waals surface area contributed by atoms with E-state index in [-0.39, 0.29) is 0 Å². The van der Waals surface area contributed by atoms with Crippen LogP contribution in [0.5, 0.6) is 0 Å². The zero-order valence-electron chi connectivity index (χ0n) is 9.45. The molecule has 90 valence electrons. The second-order valence-electron chi connectivity index (χ2n) is 3.62. The van der Waals surface area contributed by atoms with E-state index < -0.39 is 0 Å². The van der Waals surface area contributed by atoms with Crippen molar-refractivity contribution in [2.24, 2.45) is 0 Å². The zero-order valence-corrected chi connectivity index (χ0v) is 9.45. The van der Waals surface area contributed by atoms with Gasteiger partial charge in [-0.1, -0.05) is 5.16 Å². The monoisotopic (exact) mass is 243 g/mol. The van der Waals surface area contributed by atoms with Gasteiger partial charge in [0.2, 0.25) is 5.82 Å². The summed E-state index contributed by atoms with van der Waals surface area (Å²) in [5, 5.41) is 10.3. The summed E-state index contributed by atoms with van der Waals surface area (Å²) in [6.07, 6.45) is 1.64. The van der Waals surface area contributed by atoms with Gasteiger partial charge < -0.3 is 10.3 Å². The molecule has 0 spiro atoms. The minimum Gasteiger partial charge on any atom is -0.382 e. The number of aromatic nitrogens is 6. The van der Waals surface area contributed by atoms with Crippen LogP contribution in [-0.4, -0.2) is 30.3 Å². The Morgan fingerprint density at radius 3 is 2.94 bits per heavy atom. The maximum atomic E-state index is 5.50. The van der Waals surface area contributed by atoms with Gasteiger partial charge in [-0.2, -0.15) is 10.1 Å². The zero-order chi connectivity index (χ0) is 12.5. The molecule has 0 atom stereocenters. The van der Waals surface area contributed by atoms with E-state index in [0.717, 1.165) is 0 Å². The average Bonchev–Trinajstić information content (AvgIpc) is 2.97. The standard InChI is InChI=1S/C10H9N7O/c1-5-12-3-2-6(13-5)9-14-10(18-17-9)7-4-8(11)16-15-7/h2-4H,1H3,(H3,11,15,16). The van der Waals surface area contributed by atoms with Gasteiger partial charge in [0.15, 0.2) is 0 Å². The van der Waals surface area contributed by atoms with Crippen LogP contribution in [0.25, 0.3) is 23.1 Å². The van der Waals surface area contributed by atoms with Gasteiger partial charge >= 0.3 is 0 Å². The molecule has 0 aliphatic rings. The Balaban J connectivity index is 1.99. The van der Waals surface area contributed by atoms with Crippen molar-refractivity contribution in [2.45, 2.75) is 6.92 Å². The molecule has 8 nitrogen and oxygen atoms in total. The minimum absolute atomic E-state index is 0.311. The van der Waals surface area contributed by atoms with Crippen LogP contribution >= 0.6 is 0 Å². The van der Waals surface area contributed by atoms with E-state index in [4.69, 9.17) is 10.3 Å². The molecule has 0 bridgehead atoms. The van der Waals surface area contributed by atoms with Crippen molar-refractivity contribution in [2.75, 3.05) is 5.73 Å². The maximum Gasteiger partial charge on any atom is 0.276 e. The third kappa shape index (κ3) is 1.79. The SMILES string of the molecule is Cc1nccc(-c2noc(-c3cc(N)n[nH]3)n2)n1. The quantitative estimate of drug-likeness (QED) is 0.683. The molecule has 3 aromatic rings. The second-order valence-corrected chi connectivity index (χ2v) is 3.62. The lowest BCUT2D eigenvalue weighted by Crippen LogP contribution is -1.91. The number of nitrogen functional groups attached to an aromatic ring is 1. The van der Waals surface area contributed by atoms with E-state index in [9.17, 15) is 0 Å². The smallest absolute Gasteiger partial charge is 0.276 e. The molecule has 0 fully saturated rings. The van der Waals surface area contributed by atoms with E-state index in [1.807, 2.05) is 0 Å². The van der Waals surface area contributed by atoms with Crippen LogP contribution in [0.2, 0.25) is 0 Å². The Labute approximate surface area is 101 Å². The van der Waals surface area contributed by atoms with Gasteiger partial charge in [0.05, 0.1) is 0 Å². The van der Waals surface area contributed by atoms with Crippen LogP contribution in [0.4, 0.5) is 5.82 Å². The van der Waals surface area contributed by atoms with Gasteiger partial charge in [0, 0.05) is 12.3 Å². The number of rotatable bonds is 2. The molecular formula is C10H9N7O. The van der Waals surface area contributed by atoms with Crippen LogP contribution in [0.1, 0.15) is 5.82 Å². The van der Waals surface area contributed by atoms with Crippen LogP contribution in [0.3, 0.4) is 0 Å². The van der Waals surface area contributed by atoms with Crippen molar-refractivity contribution in [1.29, 1.82) is 0 Å². The minimum atomic E-state index is 0.311. The van der Waals surface area contributed by atoms with Gasteiger partial charge in [-0.3, -0.25) is 5.10 Å². The van der Waals surface area contributed by atoms with Gasteiger partial charge in [-0.05, 0) is 13.0 Å². The van der Waals surface area contributed by atoms with Crippen molar-refractivity contribution in [3.8, 4) is 23.1 Å². The number of aromatic amines is 1. The number of H-pyrrole nitrogens is 1. The number of hydrogen-bond donors (Lipinski definition) is 2. The largest absolute Gasteiger partial charge is 0.382 e. The lowest BCUT2D eigenvalue weighted by molar-refractivity contribution is 0.430. The summed E-state index contributed by atoms with van der Waals surface area (Å²) in [5.74, 6) is 1.71. The molecule has 0 saturated heterocycles. The Bertz CT molecular complexity index is 687. The first-order valence-corrected chi connectivity index (χ1v) is 5.17. The topological polar surface area (TPSA) is 119 Å². The number of aryl methyl sites for hydroxylation is 1. The van der Waals surface area contributed by atoms with Crippen LogP contribution < -0.4 is 5.73 Å². The highest BCUT2D eigenvalue weighted by Gasteiger charge is 2.13. The molecule has 0 amide bonds. The Kier molecular flexibility index (Phi) is 2.26. The lowest BCUT2D eigenvalue weighted by atomic mass is 10.4.